The van der Waals surface area contributed by atoms with Gasteiger partial charge in [0, 0.05) is 5.56 Å². The zero-order valence-corrected chi connectivity index (χ0v) is 23.8. The molecule has 4 aromatic rings. The van der Waals surface area contributed by atoms with Gasteiger partial charge < -0.3 is 33.7 Å². The van der Waals surface area contributed by atoms with E-state index >= 15 is 0 Å². The van der Waals surface area contributed by atoms with Crippen LogP contribution >= 0.6 is 0 Å². The molecule has 2 N–H and O–H groups in total. The van der Waals surface area contributed by atoms with Crippen LogP contribution in [0.3, 0.4) is 0 Å². The number of fused-ring (bicyclic) bond motifs is 2. The van der Waals surface area contributed by atoms with E-state index in [0.717, 1.165) is 0 Å². The van der Waals surface area contributed by atoms with Crippen molar-refractivity contribution in [2.45, 2.75) is 0 Å². The van der Waals surface area contributed by atoms with E-state index in [9.17, 15) is 14.4 Å². The first-order chi connectivity index (χ1) is 22.0. The Balaban J connectivity index is 1.15. The normalized spacial score (nSPS) is 13.0. The van der Waals surface area contributed by atoms with Crippen LogP contribution in [0.1, 0.15) is 31.8 Å². The summed E-state index contributed by atoms with van der Waals surface area (Å²) >= 11 is 0. The van der Waals surface area contributed by atoms with Crippen LogP contribution in [0.4, 0.5) is 0 Å². The van der Waals surface area contributed by atoms with E-state index in [1.165, 1.54) is 25.5 Å². The van der Waals surface area contributed by atoms with Gasteiger partial charge in [-0.3, -0.25) is 9.59 Å². The molecule has 6 rings (SSSR count). The Morgan fingerprint density at radius 2 is 1.42 bits per heavy atom. The van der Waals surface area contributed by atoms with E-state index < -0.39 is 17.8 Å². The second kappa shape index (κ2) is 12.9. The molecule has 0 aromatic heterocycles. The van der Waals surface area contributed by atoms with Crippen LogP contribution in [-0.4, -0.2) is 44.7 Å². The Morgan fingerprint density at radius 1 is 0.733 bits per heavy atom. The fraction of sp³-hybridized carbons (Fsp3) is 0.0909. The lowest BCUT2D eigenvalue weighted by molar-refractivity contribution is -0.117. The summed E-state index contributed by atoms with van der Waals surface area (Å²) in [6.07, 6.45) is 2.88. The van der Waals surface area contributed by atoms with E-state index in [0.29, 0.717) is 39.7 Å². The van der Waals surface area contributed by atoms with Crippen molar-refractivity contribution in [1.82, 2.24) is 10.7 Å². The first-order valence-corrected chi connectivity index (χ1v) is 13.6. The van der Waals surface area contributed by atoms with Gasteiger partial charge in [0.05, 0.1) is 18.9 Å². The Labute approximate surface area is 256 Å². The maximum absolute atomic E-state index is 13.2. The molecule has 2 aliphatic heterocycles. The van der Waals surface area contributed by atoms with Crippen LogP contribution in [0.25, 0.3) is 6.08 Å². The number of esters is 1. The first kappa shape index (κ1) is 28.8. The highest BCUT2D eigenvalue weighted by Gasteiger charge is 2.20. The van der Waals surface area contributed by atoms with Crippen molar-refractivity contribution in [2.24, 2.45) is 5.10 Å². The van der Waals surface area contributed by atoms with Gasteiger partial charge in [-0.1, -0.05) is 24.3 Å². The van der Waals surface area contributed by atoms with Gasteiger partial charge >= 0.3 is 5.97 Å². The Kier molecular flexibility index (Phi) is 8.27. The lowest BCUT2D eigenvalue weighted by Gasteiger charge is -2.11. The van der Waals surface area contributed by atoms with Gasteiger partial charge in [-0.05, 0) is 77.9 Å². The third-order valence-corrected chi connectivity index (χ3v) is 6.61. The number of methoxy groups -OCH3 is 1. The van der Waals surface area contributed by atoms with E-state index in [2.05, 4.69) is 15.8 Å². The average Bonchev–Trinajstić information content (AvgIpc) is 3.74. The highest BCUT2D eigenvalue weighted by atomic mass is 16.7. The molecule has 0 unspecified atom stereocenters. The van der Waals surface area contributed by atoms with Crippen LogP contribution < -0.4 is 39.2 Å². The topological polar surface area (TPSA) is 143 Å². The molecule has 2 amide bonds. The number of amides is 2. The maximum atomic E-state index is 13.2. The Morgan fingerprint density at radius 3 is 2.18 bits per heavy atom. The monoisotopic (exact) mass is 607 g/mol. The number of nitrogens with zero attached hydrogens (tertiary/aromatic N) is 1. The van der Waals surface area contributed by atoms with E-state index in [4.69, 9.17) is 28.4 Å². The fourth-order valence-corrected chi connectivity index (χ4v) is 4.37. The van der Waals surface area contributed by atoms with Crippen molar-refractivity contribution in [3.8, 4) is 34.5 Å². The molecular weight excluding hydrogens is 582 g/mol. The minimum Gasteiger partial charge on any atom is -0.493 e. The predicted octanol–water partition coefficient (Wildman–Crippen LogP) is 4.29. The number of rotatable bonds is 9. The van der Waals surface area contributed by atoms with Gasteiger partial charge in [0.1, 0.15) is 5.70 Å². The quantitative estimate of drug-likeness (QED) is 0.0936. The summed E-state index contributed by atoms with van der Waals surface area (Å²) in [5, 5.41) is 6.69. The molecule has 0 aliphatic carbocycles. The second-order valence-corrected chi connectivity index (χ2v) is 9.56. The third-order valence-electron chi connectivity index (χ3n) is 6.61. The maximum Gasteiger partial charge on any atom is 0.343 e. The van der Waals surface area contributed by atoms with Crippen LogP contribution in [0.5, 0.6) is 34.5 Å². The minimum absolute atomic E-state index is 0.0526. The molecule has 0 fully saturated rings. The largest absolute Gasteiger partial charge is 0.493 e. The molecule has 2 aliphatic rings. The predicted molar refractivity (Wildman–Crippen MR) is 161 cm³/mol. The van der Waals surface area contributed by atoms with Gasteiger partial charge in [0.2, 0.25) is 13.6 Å². The lowest BCUT2D eigenvalue weighted by atomic mass is 10.1. The molecule has 0 saturated carbocycles. The van der Waals surface area contributed by atoms with Crippen molar-refractivity contribution in [2.75, 3.05) is 20.7 Å². The summed E-state index contributed by atoms with van der Waals surface area (Å²) in [5.41, 5.74) is 4.15. The number of hydrogen-bond donors (Lipinski definition) is 2. The first-order valence-electron chi connectivity index (χ1n) is 13.6. The SMILES string of the molecule is COc1cc(C=NNC(=O)C(=Cc2ccc3c(c2)OCO3)NC(=O)c2ccccc2)ccc1OC(=O)c1ccc2c(c1)OCO2. The van der Waals surface area contributed by atoms with Crippen molar-refractivity contribution in [3.05, 3.63) is 113 Å². The van der Waals surface area contributed by atoms with E-state index in [-0.39, 0.29) is 36.3 Å². The summed E-state index contributed by atoms with van der Waals surface area (Å²) in [6, 6.07) is 23.1. The van der Waals surface area contributed by atoms with Gasteiger partial charge in [0.25, 0.3) is 11.8 Å². The molecule has 2 heterocycles. The van der Waals surface area contributed by atoms with Gasteiger partial charge in [-0.25, -0.2) is 10.2 Å². The van der Waals surface area contributed by atoms with Crippen LogP contribution in [-0.2, 0) is 4.79 Å². The molecule has 4 aromatic carbocycles. The highest BCUT2D eigenvalue weighted by Crippen LogP contribution is 2.34. The van der Waals surface area contributed by atoms with Gasteiger partial charge in [-0.15, -0.1) is 0 Å². The molecule has 226 valence electrons. The molecule has 12 nitrogen and oxygen atoms in total. The van der Waals surface area contributed by atoms with Gasteiger partial charge in [0.15, 0.2) is 34.5 Å². The number of benzene rings is 4. The zero-order valence-electron chi connectivity index (χ0n) is 23.8. The number of ether oxygens (including phenoxy) is 6. The standard InChI is InChI=1S/C33H25N3O9/c1-40-28-15-21(8-11-27(28)45-33(39)23-9-12-26-30(16-23)44-19-42-26)17-34-36-32(38)24(35-31(37)22-5-3-2-4-6-22)13-20-7-10-25-29(14-20)43-18-41-25/h2-17H,18-19H2,1H3,(H,35,37)(H,36,38). The Hall–Kier alpha value is -6.30. The molecule has 0 spiro atoms. The zero-order chi connectivity index (χ0) is 31.2. The second-order valence-electron chi connectivity index (χ2n) is 9.56. The summed E-state index contributed by atoms with van der Waals surface area (Å²) < 4.78 is 32.3. The molecule has 45 heavy (non-hydrogen) atoms. The van der Waals surface area contributed by atoms with E-state index in [1.54, 1.807) is 78.9 Å². The molecule has 0 bridgehead atoms. The van der Waals surface area contributed by atoms with Crippen LogP contribution in [0.2, 0.25) is 0 Å². The number of nitrogens with one attached hydrogen (secondary N) is 2. The van der Waals surface area contributed by atoms with Crippen molar-refractivity contribution in [1.29, 1.82) is 0 Å². The van der Waals surface area contributed by atoms with E-state index in [1.807, 2.05) is 0 Å². The molecule has 0 atom stereocenters. The molecule has 12 heteroatoms. The Bertz CT molecular complexity index is 1840. The number of carbonyl (C=O) groups is 3. The summed E-state index contributed by atoms with van der Waals surface area (Å²) in [5.74, 6) is 0.797. The van der Waals surface area contributed by atoms with Crippen LogP contribution in [0, 0.1) is 0 Å². The highest BCUT2D eigenvalue weighted by molar-refractivity contribution is 6.05. The molecule has 0 radical (unpaired) electrons. The lowest BCUT2D eigenvalue weighted by Crippen LogP contribution is -2.32. The minimum atomic E-state index is -0.672. The van der Waals surface area contributed by atoms with Crippen molar-refractivity contribution in [3.63, 3.8) is 0 Å². The third kappa shape index (κ3) is 6.70. The molecule has 0 saturated heterocycles. The number of hydrogen-bond acceptors (Lipinski definition) is 10. The van der Waals surface area contributed by atoms with Crippen molar-refractivity contribution < 1.29 is 42.8 Å². The fourth-order valence-electron chi connectivity index (χ4n) is 4.37. The number of carbonyl (C=O) groups excluding carboxylic acids is 3. The smallest absolute Gasteiger partial charge is 0.343 e. The summed E-state index contributed by atoms with van der Waals surface area (Å²) in [6.45, 7) is 0.189. The number of hydrazone groups is 1. The van der Waals surface area contributed by atoms with Gasteiger partial charge in [-0.2, -0.15) is 5.10 Å². The van der Waals surface area contributed by atoms with Crippen molar-refractivity contribution >= 4 is 30.1 Å². The summed E-state index contributed by atoms with van der Waals surface area (Å²) in [7, 11) is 1.43. The average molecular weight is 608 g/mol. The summed E-state index contributed by atoms with van der Waals surface area (Å²) in [4.78, 5) is 38.8. The van der Waals surface area contributed by atoms with Crippen LogP contribution in [0.15, 0.2) is 95.7 Å². The molecular formula is C33H25N3O9.